The molecular weight excluding hydrogens is 262 g/mol. The van der Waals surface area contributed by atoms with Crippen LogP contribution in [0.3, 0.4) is 0 Å². The molecule has 21 heavy (non-hydrogen) atoms. The number of nitrogen functional groups attached to an aromatic ring is 1. The number of hydrogen-bond acceptors (Lipinski definition) is 4. The first-order valence-corrected chi connectivity index (χ1v) is 7.02. The minimum atomic E-state index is 0.308. The SMILES string of the molecule is CC(C)n1cc(-c2cccc(N)c2)c2c(CN)ncnc21. The molecular formula is C16H19N5. The van der Waals surface area contributed by atoms with E-state index in [1.165, 1.54) is 0 Å². The summed E-state index contributed by atoms with van der Waals surface area (Å²) in [6, 6.07) is 8.15. The predicted octanol–water partition coefficient (Wildman–Crippen LogP) is 2.72. The number of nitrogens with two attached hydrogens (primary N) is 2. The summed E-state index contributed by atoms with van der Waals surface area (Å²) in [7, 11) is 0. The molecule has 0 saturated carbocycles. The van der Waals surface area contributed by atoms with Crippen molar-refractivity contribution in [1.29, 1.82) is 0 Å². The Kier molecular flexibility index (Phi) is 3.35. The van der Waals surface area contributed by atoms with Gasteiger partial charge in [0.05, 0.1) is 5.69 Å². The van der Waals surface area contributed by atoms with Gasteiger partial charge in [-0.1, -0.05) is 12.1 Å². The van der Waals surface area contributed by atoms with Crippen LogP contribution in [0.4, 0.5) is 5.69 Å². The average Bonchev–Trinajstić information content (AvgIpc) is 2.87. The Morgan fingerprint density at radius 1 is 1.24 bits per heavy atom. The van der Waals surface area contributed by atoms with Crippen molar-refractivity contribution in [2.24, 2.45) is 5.73 Å². The first-order valence-electron chi connectivity index (χ1n) is 7.02. The molecule has 0 unspecified atom stereocenters. The minimum Gasteiger partial charge on any atom is -0.399 e. The number of benzene rings is 1. The van der Waals surface area contributed by atoms with Crippen LogP contribution in [0.5, 0.6) is 0 Å². The van der Waals surface area contributed by atoms with Crippen LogP contribution in [-0.4, -0.2) is 14.5 Å². The summed E-state index contributed by atoms with van der Waals surface area (Å²) in [6.07, 6.45) is 3.69. The fraction of sp³-hybridized carbons (Fsp3) is 0.250. The van der Waals surface area contributed by atoms with Crippen LogP contribution in [0.15, 0.2) is 36.8 Å². The van der Waals surface area contributed by atoms with Gasteiger partial charge >= 0.3 is 0 Å². The van der Waals surface area contributed by atoms with Gasteiger partial charge in [0, 0.05) is 35.4 Å². The molecule has 0 fully saturated rings. The maximum Gasteiger partial charge on any atom is 0.144 e. The lowest BCUT2D eigenvalue weighted by Gasteiger charge is -2.08. The Bertz CT molecular complexity index is 788. The maximum atomic E-state index is 5.91. The molecule has 3 aromatic rings. The summed E-state index contributed by atoms with van der Waals surface area (Å²) in [6.45, 7) is 4.65. The second kappa shape index (κ2) is 5.18. The van der Waals surface area contributed by atoms with Gasteiger partial charge in [-0.2, -0.15) is 0 Å². The third-order valence-electron chi connectivity index (χ3n) is 3.64. The zero-order valence-electron chi connectivity index (χ0n) is 12.2. The van der Waals surface area contributed by atoms with E-state index in [-0.39, 0.29) is 0 Å². The molecule has 4 N–H and O–H groups in total. The van der Waals surface area contributed by atoms with Crippen molar-refractivity contribution < 1.29 is 0 Å². The van der Waals surface area contributed by atoms with E-state index < -0.39 is 0 Å². The Hall–Kier alpha value is -2.40. The van der Waals surface area contributed by atoms with Crippen molar-refractivity contribution in [1.82, 2.24) is 14.5 Å². The van der Waals surface area contributed by atoms with Crippen LogP contribution in [0, 0.1) is 0 Å². The third kappa shape index (κ3) is 2.25. The fourth-order valence-electron chi connectivity index (χ4n) is 2.62. The molecule has 0 aliphatic heterocycles. The molecule has 0 bridgehead atoms. The summed E-state index contributed by atoms with van der Waals surface area (Å²) < 4.78 is 2.15. The summed E-state index contributed by atoms with van der Waals surface area (Å²) in [5, 5.41) is 1.01. The van der Waals surface area contributed by atoms with E-state index in [0.717, 1.165) is 33.5 Å². The number of nitrogens with zero attached hydrogens (tertiary/aromatic N) is 3. The first kappa shape index (κ1) is 13.6. The molecule has 3 rings (SSSR count). The molecule has 2 heterocycles. The smallest absolute Gasteiger partial charge is 0.144 e. The van der Waals surface area contributed by atoms with Gasteiger partial charge < -0.3 is 16.0 Å². The van der Waals surface area contributed by atoms with Gasteiger partial charge in [0.15, 0.2) is 0 Å². The minimum absolute atomic E-state index is 0.308. The van der Waals surface area contributed by atoms with Gasteiger partial charge in [0.2, 0.25) is 0 Å². The summed E-state index contributed by atoms with van der Waals surface area (Å²) in [5.74, 6) is 0. The lowest BCUT2D eigenvalue weighted by atomic mass is 10.0. The van der Waals surface area contributed by atoms with Crippen LogP contribution in [-0.2, 0) is 6.54 Å². The van der Waals surface area contributed by atoms with Crippen molar-refractivity contribution >= 4 is 16.7 Å². The van der Waals surface area contributed by atoms with E-state index in [1.54, 1.807) is 6.33 Å². The molecule has 2 aromatic heterocycles. The van der Waals surface area contributed by atoms with Crippen LogP contribution >= 0.6 is 0 Å². The van der Waals surface area contributed by atoms with Gasteiger partial charge in [-0.15, -0.1) is 0 Å². The summed E-state index contributed by atoms with van der Waals surface area (Å²) >= 11 is 0. The molecule has 0 amide bonds. The highest BCUT2D eigenvalue weighted by Crippen LogP contribution is 2.33. The Labute approximate surface area is 123 Å². The van der Waals surface area contributed by atoms with E-state index in [4.69, 9.17) is 11.5 Å². The number of anilines is 1. The Balaban J connectivity index is 2.36. The van der Waals surface area contributed by atoms with Gasteiger partial charge in [-0.25, -0.2) is 9.97 Å². The van der Waals surface area contributed by atoms with Gasteiger partial charge in [0.25, 0.3) is 0 Å². The predicted molar refractivity (Wildman–Crippen MR) is 85.7 cm³/mol. The van der Waals surface area contributed by atoms with Crippen molar-refractivity contribution in [2.45, 2.75) is 26.4 Å². The zero-order valence-corrected chi connectivity index (χ0v) is 12.2. The first-order chi connectivity index (χ1) is 10.1. The normalized spacial score (nSPS) is 11.4. The van der Waals surface area contributed by atoms with E-state index in [2.05, 4.69) is 34.6 Å². The zero-order chi connectivity index (χ0) is 15.0. The number of hydrogen-bond donors (Lipinski definition) is 2. The molecule has 0 saturated heterocycles. The van der Waals surface area contributed by atoms with Gasteiger partial charge in [-0.05, 0) is 31.5 Å². The molecule has 0 atom stereocenters. The Morgan fingerprint density at radius 3 is 2.71 bits per heavy atom. The molecule has 108 valence electrons. The van der Waals surface area contributed by atoms with E-state index in [1.807, 2.05) is 24.3 Å². The van der Waals surface area contributed by atoms with Crippen molar-refractivity contribution in [3.8, 4) is 11.1 Å². The highest BCUT2D eigenvalue weighted by Gasteiger charge is 2.16. The highest BCUT2D eigenvalue weighted by atomic mass is 15.1. The molecule has 0 aliphatic rings. The van der Waals surface area contributed by atoms with Crippen LogP contribution < -0.4 is 11.5 Å². The molecule has 0 spiro atoms. The third-order valence-corrected chi connectivity index (χ3v) is 3.64. The largest absolute Gasteiger partial charge is 0.399 e. The number of fused-ring (bicyclic) bond motifs is 1. The molecule has 5 nitrogen and oxygen atoms in total. The Morgan fingerprint density at radius 2 is 2.05 bits per heavy atom. The van der Waals surface area contributed by atoms with E-state index in [9.17, 15) is 0 Å². The fourth-order valence-corrected chi connectivity index (χ4v) is 2.62. The average molecular weight is 281 g/mol. The molecule has 5 heteroatoms. The lowest BCUT2D eigenvalue weighted by Crippen LogP contribution is -2.03. The molecule has 0 aliphatic carbocycles. The summed E-state index contributed by atoms with van der Waals surface area (Å²) in [4.78, 5) is 8.77. The number of aromatic nitrogens is 3. The van der Waals surface area contributed by atoms with Crippen molar-refractivity contribution in [3.05, 3.63) is 42.5 Å². The van der Waals surface area contributed by atoms with Gasteiger partial charge in [0.1, 0.15) is 12.0 Å². The van der Waals surface area contributed by atoms with Crippen molar-refractivity contribution in [3.63, 3.8) is 0 Å². The van der Waals surface area contributed by atoms with Crippen LogP contribution in [0.2, 0.25) is 0 Å². The quantitative estimate of drug-likeness (QED) is 0.723. The highest BCUT2D eigenvalue weighted by molar-refractivity contribution is 5.96. The van der Waals surface area contributed by atoms with E-state index in [0.29, 0.717) is 12.6 Å². The molecule has 1 aromatic carbocycles. The standard InChI is InChI=1S/C16H19N5/c1-10(2)21-8-13(11-4-3-5-12(18)6-11)15-14(7-17)19-9-20-16(15)21/h3-6,8-10H,7,17-18H2,1-2H3. The van der Waals surface area contributed by atoms with Crippen molar-refractivity contribution in [2.75, 3.05) is 5.73 Å². The topological polar surface area (TPSA) is 82.8 Å². The monoisotopic (exact) mass is 281 g/mol. The molecule has 0 radical (unpaired) electrons. The van der Waals surface area contributed by atoms with Crippen LogP contribution in [0.25, 0.3) is 22.2 Å². The number of rotatable bonds is 3. The van der Waals surface area contributed by atoms with Gasteiger partial charge in [-0.3, -0.25) is 0 Å². The van der Waals surface area contributed by atoms with Crippen LogP contribution in [0.1, 0.15) is 25.6 Å². The second-order valence-corrected chi connectivity index (χ2v) is 5.39. The lowest BCUT2D eigenvalue weighted by molar-refractivity contribution is 0.618. The second-order valence-electron chi connectivity index (χ2n) is 5.39. The maximum absolute atomic E-state index is 5.91. The summed E-state index contributed by atoms with van der Waals surface area (Å²) in [5.41, 5.74) is 16.4. The van der Waals surface area contributed by atoms with E-state index >= 15 is 0 Å².